The summed E-state index contributed by atoms with van der Waals surface area (Å²) in [5.74, 6) is 0.105. The first-order valence-electron chi connectivity index (χ1n) is 9.85. The maximum atomic E-state index is 13.9. The third-order valence-corrected chi connectivity index (χ3v) is 11.1. The monoisotopic (exact) mass is 426 g/mol. The minimum absolute atomic E-state index is 0.105. The number of ketones is 1. The van der Waals surface area contributed by atoms with E-state index in [2.05, 4.69) is 72.8 Å². The van der Waals surface area contributed by atoms with Crippen LogP contribution in [0.3, 0.4) is 0 Å². The van der Waals surface area contributed by atoms with Gasteiger partial charge in [0.1, 0.15) is 0 Å². The van der Waals surface area contributed by atoms with Gasteiger partial charge in [0.25, 0.3) is 0 Å². The Morgan fingerprint density at radius 2 is 0.900 bits per heavy atom. The molecule has 0 radical (unpaired) electrons. The molecule has 1 nitrogen and oxygen atoms in total. The first kappa shape index (κ1) is 20.5. The van der Waals surface area contributed by atoms with Gasteiger partial charge in [0.15, 0.2) is 5.78 Å². The molecule has 0 amide bonds. The van der Waals surface area contributed by atoms with Gasteiger partial charge >= 0.3 is 0 Å². The predicted molar refractivity (Wildman–Crippen MR) is 134 cm³/mol. The first-order chi connectivity index (χ1) is 14.8. The summed E-state index contributed by atoms with van der Waals surface area (Å²) in [6.07, 6.45) is 2.03. The number of carbonyl (C=O) groups is 1. The van der Waals surface area contributed by atoms with Crippen molar-refractivity contribution < 1.29 is 4.79 Å². The van der Waals surface area contributed by atoms with Crippen LogP contribution in [0, 0.1) is 0 Å². The van der Waals surface area contributed by atoms with Gasteiger partial charge < -0.3 is 0 Å². The molecular weight excluding hydrogens is 403 g/mol. The zero-order chi connectivity index (χ0) is 20.8. The zero-order valence-electron chi connectivity index (χ0n) is 16.8. The summed E-state index contributed by atoms with van der Waals surface area (Å²) < 4.78 is 0.900. The number of rotatable bonds is 6. The fourth-order valence-corrected chi connectivity index (χ4v) is 10.1. The number of hydrogen-bond acceptors (Lipinski definition) is 2. The molecule has 0 spiro atoms. The Balaban J connectivity index is 2.20. The fourth-order valence-electron chi connectivity index (χ4n) is 3.85. The molecule has 0 fully saturated rings. The van der Waals surface area contributed by atoms with E-state index in [9.17, 15) is 4.79 Å². The van der Waals surface area contributed by atoms with Crippen LogP contribution in [0.1, 0.15) is 10.4 Å². The number of hydrogen-bond donors (Lipinski definition) is 0. The predicted octanol–water partition coefficient (Wildman–Crippen LogP) is 5.36. The largest absolute Gasteiger partial charge is 0.288 e. The van der Waals surface area contributed by atoms with Gasteiger partial charge in [-0.3, -0.25) is 4.79 Å². The lowest BCUT2D eigenvalue weighted by atomic mass is 10.1. The molecule has 148 valence electrons. The fraction of sp³-hybridized carbons (Fsp3) is 0.0370. The van der Waals surface area contributed by atoms with Gasteiger partial charge in [-0.2, -0.15) is 0 Å². The third kappa shape index (κ3) is 3.69. The molecular formula is C27H23OPS. The van der Waals surface area contributed by atoms with E-state index in [-0.39, 0.29) is 5.78 Å². The highest BCUT2D eigenvalue weighted by molar-refractivity contribution is 8.26. The van der Waals surface area contributed by atoms with Crippen molar-refractivity contribution in [3.8, 4) is 0 Å². The molecule has 4 rings (SSSR count). The van der Waals surface area contributed by atoms with Crippen molar-refractivity contribution in [2.75, 3.05) is 6.26 Å². The van der Waals surface area contributed by atoms with Crippen molar-refractivity contribution in [3.63, 3.8) is 0 Å². The molecule has 0 aliphatic carbocycles. The van der Waals surface area contributed by atoms with Crippen molar-refractivity contribution in [1.29, 1.82) is 0 Å². The lowest BCUT2D eigenvalue weighted by Crippen LogP contribution is -2.32. The minimum Gasteiger partial charge on any atom is -0.288 e. The molecule has 0 aliphatic heterocycles. The molecule has 30 heavy (non-hydrogen) atoms. The third-order valence-electron chi connectivity index (χ3n) is 5.16. The second-order valence-corrected chi connectivity index (χ2v) is 11.3. The van der Waals surface area contributed by atoms with E-state index in [1.54, 1.807) is 11.8 Å². The van der Waals surface area contributed by atoms with Crippen molar-refractivity contribution >= 4 is 45.0 Å². The Labute approximate surface area is 182 Å². The van der Waals surface area contributed by atoms with Gasteiger partial charge in [0, 0.05) is 5.56 Å². The molecule has 0 bridgehead atoms. The molecule has 0 saturated heterocycles. The minimum atomic E-state index is -2.35. The highest BCUT2D eigenvalue weighted by Crippen LogP contribution is 2.48. The van der Waals surface area contributed by atoms with Crippen LogP contribution in [0.2, 0.25) is 0 Å². The van der Waals surface area contributed by atoms with Crippen molar-refractivity contribution in [2.24, 2.45) is 0 Å². The van der Waals surface area contributed by atoms with Crippen LogP contribution in [0.25, 0.3) is 0 Å². The Hall–Kier alpha value is -2.80. The van der Waals surface area contributed by atoms with Crippen molar-refractivity contribution in [1.82, 2.24) is 0 Å². The Morgan fingerprint density at radius 3 is 1.23 bits per heavy atom. The van der Waals surface area contributed by atoms with Crippen LogP contribution in [0.4, 0.5) is 0 Å². The second kappa shape index (κ2) is 9.34. The van der Waals surface area contributed by atoms with Crippen LogP contribution >= 0.6 is 18.6 Å². The molecule has 0 aromatic heterocycles. The van der Waals surface area contributed by atoms with Crippen LogP contribution in [-0.2, 0) is 0 Å². The van der Waals surface area contributed by atoms with E-state index < -0.39 is 6.89 Å². The van der Waals surface area contributed by atoms with Crippen molar-refractivity contribution in [2.45, 2.75) is 0 Å². The smallest absolute Gasteiger partial charge is 0.200 e. The number of benzene rings is 4. The molecule has 0 saturated carbocycles. The maximum absolute atomic E-state index is 13.9. The number of Topliss-reactive ketones (excluding diaryl/α,β-unsaturated/α-hetero) is 1. The van der Waals surface area contributed by atoms with Gasteiger partial charge in [-0.25, -0.2) is 0 Å². The van der Waals surface area contributed by atoms with E-state index in [1.165, 1.54) is 15.9 Å². The van der Waals surface area contributed by atoms with Crippen molar-refractivity contribution in [3.05, 3.63) is 127 Å². The van der Waals surface area contributed by atoms with Crippen LogP contribution in [0.5, 0.6) is 0 Å². The summed E-state index contributed by atoms with van der Waals surface area (Å²) in [4.78, 5) is 13.9. The summed E-state index contributed by atoms with van der Waals surface area (Å²) in [5.41, 5.74) is 0.731. The summed E-state index contributed by atoms with van der Waals surface area (Å²) in [5, 5.41) is 3.57. The quantitative estimate of drug-likeness (QED) is 0.305. The van der Waals surface area contributed by atoms with Gasteiger partial charge in [-0.1, -0.05) is 121 Å². The Morgan fingerprint density at radius 1 is 0.567 bits per heavy atom. The maximum Gasteiger partial charge on any atom is 0.200 e. The Bertz CT molecular complexity index is 1070. The molecule has 3 heteroatoms. The lowest BCUT2D eigenvalue weighted by Gasteiger charge is -2.31. The second-order valence-electron chi connectivity index (χ2n) is 6.88. The SMILES string of the molecule is CSC(C(=O)c1ccccc1)=P(c1ccccc1)(c1ccccc1)c1ccccc1. The molecule has 4 aromatic rings. The average molecular weight is 427 g/mol. The van der Waals surface area contributed by atoms with E-state index >= 15 is 0 Å². The lowest BCUT2D eigenvalue weighted by molar-refractivity contribution is 0.107. The molecule has 0 unspecified atom stereocenters. The van der Waals surface area contributed by atoms with E-state index in [0.29, 0.717) is 0 Å². The number of carbonyl (C=O) groups excluding carboxylic acids is 1. The van der Waals surface area contributed by atoms with E-state index in [0.717, 1.165) is 10.2 Å². The highest BCUT2D eigenvalue weighted by atomic mass is 32.2. The van der Waals surface area contributed by atoms with Gasteiger partial charge in [-0.15, -0.1) is 11.8 Å². The first-order valence-corrected chi connectivity index (χ1v) is 12.9. The van der Waals surface area contributed by atoms with Crippen LogP contribution < -0.4 is 15.9 Å². The topological polar surface area (TPSA) is 17.1 Å². The summed E-state index contributed by atoms with van der Waals surface area (Å²) in [6, 6.07) is 41.2. The zero-order valence-corrected chi connectivity index (χ0v) is 18.5. The molecule has 0 atom stereocenters. The standard InChI is InChI=1S/C27H23OPS/c1-30-27(26(28)22-14-6-2-7-15-22)29(23-16-8-3-9-17-23,24-18-10-4-11-19-24)25-20-12-5-13-21-25/h2-21H,1H3. The van der Waals surface area contributed by atoms with Crippen LogP contribution in [-0.4, -0.2) is 16.7 Å². The molecule has 0 N–H and O–H groups in total. The van der Waals surface area contributed by atoms with E-state index in [4.69, 9.17) is 0 Å². The Kier molecular flexibility index (Phi) is 6.38. The molecule has 0 heterocycles. The van der Waals surface area contributed by atoms with Gasteiger partial charge in [0.05, 0.1) is 4.63 Å². The normalized spacial score (nSPS) is 11.1. The van der Waals surface area contributed by atoms with E-state index in [1.807, 2.05) is 54.8 Å². The highest BCUT2D eigenvalue weighted by Gasteiger charge is 2.33. The van der Waals surface area contributed by atoms with Gasteiger partial charge in [-0.05, 0) is 29.1 Å². The summed E-state index contributed by atoms with van der Waals surface area (Å²) in [6.45, 7) is -2.35. The molecule has 0 aliphatic rings. The summed E-state index contributed by atoms with van der Waals surface area (Å²) >= 11 is 1.58. The molecule has 4 aromatic carbocycles. The van der Waals surface area contributed by atoms with Crippen LogP contribution in [0.15, 0.2) is 121 Å². The summed E-state index contributed by atoms with van der Waals surface area (Å²) in [7, 11) is 0. The number of thioether (sulfide) groups is 1. The van der Waals surface area contributed by atoms with Gasteiger partial charge in [0.2, 0.25) is 0 Å². The average Bonchev–Trinajstić information content (AvgIpc) is 2.84.